The van der Waals surface area contributed by atoms with Crippen LogP contribution in [0, 0.1) is 5.82 Å². The minimum atomic E-state index is -0.346. The lowest BCUT2D eigenvalue weighted by atomic mass is 10.1. The van der Waals surface area contributed by atoms with Crippen molar-refractivity contribution >= 4 is 22.5 Å². The molecule has 0 radical (unpaired) electrons. The van der Waals surface area contributed by atoms with Crippen LogP contribution in [0.5, 0.6) is 5.75 Å². The summed E-state index contributed by atoms with van der Waals surface area (Å²) in [5, 5.41) is 16.8. The first-order valence-electron chi connectivity index (χ1n) is 9.63. The Kier molecular flexibility index (Phi) is 5.50. The van der Waals surface area contributed by atoms with Crippen molar-refractivity contribution in [3.05, 3.63) is 95.4 Å². The van der Waals surface area contributed by atoms with Crippen molar-refractivity contribution in [2.45, 2.75) is 13.1 Å². The Balaban J connectivity index is 1.51. The fraction of sp³-hybridized carbons (Fsp3) is 0.125. The van der Waals surface area contributed by atoms with Crippen molar-refractivity contribution in [1.29, 1.82) is 0 Å². The number of nitrogens with one attached hydrogen (secondary N) is 2. The largest absolute Gasteiger partial charge is 0.508 e. The Bertz CT molecular complexity index is 1200. The molecule has 0 bridgehead atoms. The molecule has 1 amide bonds. The van der Waals surface area contributed by atoms with Gasteiger partial charge in [-0.15, -0.1) is 0 Å². The molecule has 152 valence electrons. The first-order valence-corrected chi connectivity index (χ1v) is 9.63. The van der Waals surface area contributed by atoms with Crippen molar-refractivity contribution in [1.82, 2.24) is 9.88 Å². The molecule has 0 aliphatic carbocycles. The third kappa shape index (κ3) is 4.34. The van der Waals surface area contributed by atoms with Crippen LogP contribution < -0.4 is 10.6 Å². The molecule has 0 saturated heterocycles. The summed E-state index contributed by atoms with van der Waals surface area (Å²) >= 11 is 0. The van der Waals surface area contributed by atoms with Crippen molar-refractivity contribution in [2.75, 3.05) is 5.32 Å². The molecule has 5 nitrogen and oxygen atoms in total. The maximum atomic E-state index is 13.1. The Morgan fingerprint density at radius 1 is 1.03 bits per heavy atom. The van der Waals surface area contributed by atoms with Gasteiger partial charge in [-0.25, -0.2) is 4.39 Å². The van der Waals surface area contributed by atoms with E-state index < -0.39 is 0 Å². The van der Waals surface area contributed by atoms with E-state index in [0.29, 0.717) is 24.3 Å². The predicted molar refractivity (Wildman–Crippen MR) is 116 cm³/mol. The lowest BCUT2D eigenvalue weighted by molar-refractivity contribution is 0.102. The molecule has 0 aliphatic heterocycles. The smallest absolute Gasteiger partial charge is 0.255 e. The number of aromatic hydroxyl groups is 1. The number of halogens is 1. The van der Waals surface area contributed by atoms with Gasteiger partial charge in [0.2, 0.25) is 0 Å². The highest BCUT2D eigenvalue weighted by Gasteiger charge is 2.12. The van der Waals surface area contributed by atoms with E-state index in [9.17, 15) is 14.3 Å². The van der Waals surface area contributed by atoms with E-state index in [1.807, 2.05) is 42.1 Å². The molecule has 3 N–H and O–H groups in total. The lowest BCUT2D eigenvalue weighted by Gasteiger charge is -2.07. The summed E-state index contributed by atoms with van der Waals surface area (Å²) in [6.45, 7) is 1.24. The molecular formula is C24H22FN3O2. The summed E-state index contributed by atoms with van der Waals surface area (Å²) in [4.78, 5) is 12.6. The van der Waals surface area contributed by atoms with Crippen LogP contribution in [0.4, 0.5) is 10.1 Å². The van der Waals surface area contributed by atoms with Gasteiger partial charge in [0.15, 0.2) is 0 Å². The molecule has 6 heteroatoms. The highest BCUT2D eigenvalue weighted by atomic mass is 19.1. The topological polar surface area (TPSA) is 66.3 Å². The second-order valence-electron chi connectivity index (χ2n) is 7.23. The first-order chi connectivity index (χ1) is 14.5. The van der Waals surface area contributed by atoms with E-state index >= 15 is 0 Å². The number of amides is 1. The number of rotatable bonds is 6. The number of hydrogen-bond donors (Lipinski definition) is 3. The number of anilines is 1. The molecule has 3 aromatic carbocycles. The number of benzene rings is 3. The van der Waals surface area contributed by atoms with Gasteiger partial charge >= 0.3 is 0 Å². The number of phenolic OH excluding ortho intramolecular Hbond substituents is 1. The molecule has 1 aromatic heterocycles. The van der Waals surface area contributed by atoms with Gasteiger partial charge in [0.05, 0.1) is 0 Å². The van der Waals surface area contributed by atoms with E-state index in [-0.39, 0.29) is 17.5 Å². The van der Waals surface area contributed by atoms with Crippen LogP contribution in [0.15, 0.2) is 72.9 Å². The summed E-state index contributed by atoms with van der Waals surface area (Å²) in [5.41, 5.74) is 4.18. The van der Waals surface area contributed by atoms with Gasteiger partial charge < -0.3 is 20.3 Å². The zero-order valence-electron chi connectivity index (χ0n) is 16.5. The predicted octanol–water partition coefficient (Wildman–Crippen LogP) is 4.57. The molecule has 0 atom stereocenters. The van der Waals surface area contributed by atoms with Gasteiger partial charge in [-0.1, -0.05) is 12.1 Å². The Labute approximate surface area is 173 Å². The average molecular weight is 403 g/mol. The van der Waals surface area contributed by atoms with E-state index in [1.165, 1.54) is 24.3 Å². The van der Waals surface area contributed by atoms with Gasteiger partial charge in [-0.05, 0) is 65.7 Å². The first kappa shape index (κ1) is 19.7. The van der Waals surface area contributed by atoms with Gasteiger partial charge in [0, 0.05) is 48.5 Å². The summed E-state index contributed by atoms with van der Waals surface area (Å²) in [6, 6.07) is 18.4. The van der Waals surface area contributed by atoms with Gasteiger partial charge in [-0.2, -0.15) is 0 Å². The molecule has 1 heterocycles. The van der Waals surface area contributed by atoms with Crippen LogP contribution in [0.2, 0.25) is 0 Å². The summed E-state index contributed by atoms with van der Waals surface area (Å²) in [5.74, 6) is -0.344. The number of aryl methyl sites for hydroxylation is 1. The Hall–Kier alpha value is -3.64. The van der Waals surface area contributed by atoms with Crippen LogP contribution in [-0.4, -0.2) is 15.6 Å². The molecule has 4 aromatic rings. The lowest BCUT2D eigenvalue weighted by Crippen LogP contribution is -2.13. The Morgan fingerprint density at radius 3 is 2.60 bits per heavy atom. The summed E-state index contributed by atoms with van der Waals surface area (Å²) in [6.07, 6.45) is 2.04. The quantitative estimate of drug-likeness (QED) is 0.442. The number of carbonyl (C=O) groups is 1. The van der Waals surface area contributed by atoms with E-state index in [1.54, 1.807) is 18.2 Å². The highest BCUT2D eigenvalue weighted by molar-refractivity contribution is 6.06. The third-order valence-electron chi connectivity index (χ3n) is 4.99. The Morgan fingerprint density at radius 2 is 1.83 bits per heavy atom. The van der Waals surface area contributed by atoms with Gasteiger partial charge in [0.1, 0.15) is 11.6 Å². The van der Waals surface area contributed by atoms with Crippen molar-refractivity contribution in [3.8, 4) is 5.75 Å². The number of nitrogens with zero attached hydrogens (tertiary/aromatic N) is 1. The molecule has 4 rings (SSSR count). The molecule has 0 aliphatic rings. The maximum Gasteiger partial charge on any atom is 0.255 e. The molecular weight excluding hydrogens is 381 g/mol. The monoisotopic (exact) mass is 403 g/mol. The van der Waals surface area contributed by atoms with Crippen LogP contribution in [0.1, 0.15) is 21.5 Å². The molecule has 0 spiro atoms. The van der Waals surface area contributed by atoms with Crippen LogP contribution >= 0.6 is 0 Å². The van der Waals surface area contributed by atoms with Gasteiger partial charge in [-0.3, -0.25) is 4.79 Å². The van der Waals surface area contributed by atoms with Crippen molar-refractivity contribution in [2.24, 2.45) is 7.05 Å². The van der Waals surface area contributed by atoms with Crippen molar-refractivity contribution in [3.63, 3.8) is 0 Å². The molecule has 0 unspecified atom stereocenters. The molecule has 0 fully saturated rings. The zero-order valence-corrected chi connectivity index (χ0v) is 16.5. The summed E-state index contributed by atoms with van der Waals surface area (Å²) < 4.78 is 15.1. The minimum absolute atomic E-state index is 0.244. The number of aromatic nitrogens is 1. The standard InChI is InChI=1S/C24H22FN3O2/c1-28-15-18(14-26-13-16-3-2-4-21(29)11-16)22-12-17(5-10-23(22)28)24(30)27-20-8-6-19(25)7-9-20/h2-12,15,26,29H,13-14H2,1H3,(H,27,30). The molecule has 0 saturated carbocycles. The fourth-order valence-electron chi connectivity index (χ4n) is 3.50. The van der Waals surface area contributed by atoms with Crippen molar-refractivity contribution < 1.29 is 14.3 Å². The number of fused-ring (bicyclic) bond motifs is 1. The van der Waals surface area contributed by atoms with E-state index in [2.05, 4.69) is 10.6 Å². The number of hydrogen-bond acceptors (Lipinski definition) is 3. The highest BCUT2D eigenvalue weighted by Crippen LogP contribution is 2.23. The van der Waals surface area contributed by atoms with Crippen LogP contribution in [-0.2, 0) is 20.1 Å². The summed E-state index contributed by atoms with van der Waals surface area (Å²) in [7, 11) is 1.97. The van der Waals surface area contributed by atoms with Crippen LogP contribution in [0.25, 0.3) is 10.9 Å². The SMILES string of the molecule is Cn1cc(CNCc2cccc(O)c2)c2cc(C(=O)Nc3ccc(F)cc3)ccc21. The number of carbonyl (C=O) groups excluding carboxylic acids is 1. The maximum absolute atomic E-state index is 13.1. The average Bonchev–Trinajstić information content (AvgIpc) is 3.05. The third-order valence-corrected chi connectivity index (χ3v) is 4.99. The van der Waals surface area contributed by atoms with Gasteiger partial charge in [0.25, 0.3) is 5.91 Å². The van der Waals surface area contributed by atoms with E-state index in [4.69, 9.17) is 0 Å². The van der Waals surface area contributed by atoms with E-state index in [0.717, 1.165) is 22.0 Å². The van der Waals surface area contributed by atoms with Crippen LogP contribution in [0.3, 0.4) is 0 Å². The zero-order chi connectivity index (χ0) is 21.1. The number of phenols is 1. The second-order valence-corrected chi connectivity index (χ2v) is 7.23. The minimum Gasteiger partial charge on any atom is -0.508 e. The normalized spacial score (nSPS) is 11.0. The fourth-order valence-corrected chi connectivity index (χ4v) is 3.50. The second kappa shape index (κ2) is 8.39. The molecule has 30 heavy (non-hydrogen) atoms.